The standard InChI is InChI=1S/C9H12N2O2S/c1-10-9(14)11-6-3-4-7(12)8(5-6)13-2/h3-5,12H,1-2H3,(H2,10,11,14). The van der Waals surface area contributed by atoms with Crippen molar-refractivity contribution >= 4 is 23.0 Å². The molecule has 5 heteroatoms. The summed E-state index contributed by atoms with van der Waals surface area (Å²) in [4.78, 5) is 0. The third kappa shape index (κ3) is 2.50. The molecule has 0 bridgehead atoms. The zero-order chi connectivity index (χ0) is 10.6. The summed E-state index contributed by atoms with van der Waals surface area (Å²) in [6, 6.07) is 4.92. The molecule has 0 unspecified atom stereocenters. The van der Waals surface area contributed by atoms with Crippen molar-refractivity contribution in [1.82, 2.24) is 5.32 Å². The maximum atomic E-state index is 9.33. The quantitative estimate of drug-likeness (QED) is 0.510. The van der Waals surface area contributed by atoms with Crippen LogP contribution in [-0.4, -0.2) is 24.4 Å². The van der Waals surface area contributed by atoms with Crippen LogP contribution in [0.5, 0.6) is 11.5 Å². The lowest BCUT2D eigenvalue weighted by Gasteiger charge is -2.09. The molecule has 76 valence electrons. The lowest BCUT2D eigenvalue weighted by Crippen LogP contribution is -2.24. The minimum Gasteiger partial charge on any atom is -0.504 e. The van der Waals surface area contributed by atoms with Crippen molar-refractivity contribution < 1.29 is 9.84 Å². The van der Waals surface area contributed by atoms with Crippen LogP contribution < -0.4 is 15.4 Å². The van der Waals surface area contributed by atoms with Gasteiger partial charge in [0, 0.05) is 18.8 Å². The first-order valence-electron chi connectivity index (χ1n) is 4.03. The number of hydrogen-bond acceptors (Lipinski definition) is 3. The highest BCUT2D eigenvalue weighted by Crippen LogP contribution is 2.28. The molecule has 1 rings (SSSR count). The van der Waals surface area contributed by atoms with E-state index in [2.05, 4.69) is 10.6 Å². The summed E-state index contributed by atoms with van der Waals surface area (Å²) in [5.74, 6) is 0.516. The average molecular weight is 212 g/mol. The molecule has 4 nitrogen and oxygen atoms in total. The predicted octanol–water partition coefficient (Wildman–Crippen LogP) is 1.32. The molecular weight excluding hydrogens is 200 g/mol. The Bertz CT molecular complexity index is 342. The van der Waals surface area contributed by atoms with Gasteiger partial charge in [-0.1, -0.05) is 0 Å². The van der Waals surface area contributed by atoms with Crippen molar-refractivity contribution in [2.45, 2.75) is 0 Å². The molecular formula is C9H12N2O2S. The summed E-state index contributed by atoms with van der Waals surface area (Å²) in [5, 5.41) is 15.5. The van der Waals surface area contributed by atoms with E-state index in [-0.39, 0.29) is 5.75 Å². The summed E-state index contributed by atoms with van der Waals surface area (Å²) in [5.41, 5.74) is 0.763. The van der Waals surface area contributed by atoms with Crippen LogP contribution >= 0.6 is 12.2 Å². The largest absolute Gasteiger partial charge is 0.504 e. The Hall–Kier alpha value is -1.49. The molecule has 0 radical (unpaired) electrons. The smallest absolute Gasteiger partial charge is 0.170 e. The maximum absolute atomic E-state index is 9.33. The highest BCUT2D eigenvalue weighted by molar-refractivity contribution is 7.80. The first-order valence-corrected chi connectivity index (χ1v) is 4.44. The van der Waals surface area contributed by atoms with Crippen LogP contribution in [0, 0.1) is 0 Å². The number of thiocarbonyl (C=S) groups is 1. The molecule has 0 spiro atoms. The predicted molar refractivity (Wildman–Crippen MR) is 59.9 cm³/mol. The second kappa shape index (κ2) is 4.66. The van der Waals surface area contributed by atoms with Crippen LogP contribution in [0.2, 0.25) is 0 Å². The number of nitrogens with one attached hydrogen (secondary N) is 2. The summed E-state index contributed by atoms with van der Waals surface area (Å²) >= 11 is 4.92. The zero-order valence-corrected chi connectivity index (χ0v) is 8.81. The minimum atomic E-state index is 0.105. The number of anilines is 1. The zero-order valence-electron chi connectivity index (χ0n) is 8.00. The van der Waals surface area contributed by atoms with Gasteiger partial charge in [0.1, 0.15) is 0 Å². The second-order valence-electron chi connectivity index (χ2n) is 2.59. The van der Waals surface area contributed by atoms with Crippen LogP contribution in [0.4, 0.5) is 5.69 Å². The fourth-order valence-corrected chi connectivity index (χ4v) is 1.07. The average Bonchev–Trinajstić information content (AvgIpc) is 2.20. The van der Waals surface area contributed by atoms with Crippen molar-refractivity contribution in [1.29, 1.82) is 0 Å². The van der Waals surface area contributed by atoms with Crippen LogP contribution in [0.25, 0.3) is 0 Å². The molecule has 0 fully saturated rings. The molecule has 0 aliphatic heterocycles. The van der Waals surface area contributed by atoms with Gasteiger partial charge >= 0.3 is 0 Å². The van der Waals surface area contributed by atoms with E-state index in [0.29, 0.717) is 10.9 Å². The number of methoxy groups -OCH3 is 1. The van der Waals surface area contributed by atoms with Crippen molar-refractivity contribution in [3.63, 3.8) is 0 Å². The molecule has 0 aromatic heterocycles. The number of hydrogen-bond donors (Lipinski definition) is 3. The van der Waals surface area contributed by atoms with Gasteiger partial charge in [-0.15, -0.1) is 0 Å². The number of ether oxygens (including phenoxy) is 1. The fourth-order valence-electron chi connectivity index (χ4n) is 0.949. The third-order valence-corrected chi connectivity index (χ3v) is 1.97. The molecule has 14 heavy (non-hydrogen) atoms. The Balaban J connectivity index is 2.84. The van der Waals surface area contributed by atoms with Crippen LogP contribution in [-0.2, 0) is 0 Å². The Morgan fingerprint density at radius 3 is 2.79 bits per heavy atom. The van der Waals surface area contributed by atoms with Crippen molar-refractivity contribution in [3.05, 3.63) is 18.2 Å². The van der Waals surface area contributed by atoms with E-state index in [1.54, 1.807) is 25.2 Å². The molecule has 1 aromatic carbocycles. The monoisotopic (exact) mass is 212 g/mol. The lowest BCUT2D eigenvalue weighted by atomic mass is 10.3. The molecule has 0 saturated carbocycles. The van der Waals surface area contributed by atoms with Gasteiger partial charge in [0.25, 0.3) is 0 Å². The highest BCUT2D eigenvalue weighted by Gasteiger charge is 2.02. The molecule has 1 aromatic rings. The Morgan fingerprint density at radius 2 is 2.21 bits per heavy atom. The van der Waals surface area contributed by atoms with Crippen molar-refractivity contribution in [2.75, 3.05) is 19.5 Å². The fraction of sp³-hybridized carbons (Fsp3) is 0.222. The van der Waals surface area contributed by atoms with Gasteiger partial charge in [0.2, 0.25) is 0 Å². The van der Waals surface area contributed by atoms with Gasteiger partial charge in [-0.3, -0.25) is 0 Å². The van der Waals surface area contributed by atoms with Crippen LogP contribution in [0.15, 0.2) is 18.2 Å². The highest BCUT2D eigenvalue weighted by atomic mass is 32.1. The van der Waals surface area contributed by atoms with Gasteiger partial charge in [0.05, 0.1) is 7.11 Å². The summed E-state index contributed by atoms with van der Waals surface area (Å²) in [7, 11) is 3.22. The number of phenolic OH excluding ortho intramolecular Hbond substituents is 1. The first-order chi connectivity index (χ1) is 6.67. The lowest BCUT2D eigenvalue weighted by molar-refractivity contribution is 0.374. The maximum Gasteiger partial charge on any atom is 0.170 e. The first kappa shape index (κ1) is 10.6. The Kier molecular flexibility index (Phi) is 3.53. The number of aromatic hydroxyl groups is 1. The minimum absolute atomic E-state index is 0.105. The molecule has 3 N–H and O–H groups in total. The van der Waals surface area contributed by atoms with E-state index in [1.807, 2.05) is 0 Å². The Morgan fingerprint density at radius 1 is 1.50 bits per heavy atom. The SMILES string of the molecule is CNC(=S)Nc1ccc(O)c(OC)c1. The Labute approximate surface area is 87.9 Å². The molecule has 0 atom stereocenters. The molecule has 0 saturated heterocycles. The van der Waals surface area contributed by atoms with Crippen molar-refractivity contribution in [3.8, 4) is 11.5 Å². The van der Waals surface area contributed by atoms with E-state index < -0.39 is 0 Å². The van der Waals surface area contributed by atoms with E-state index in [0.717, 1.165) is 5.69 Å². The number of benzene rings is 1. The van der Waals surface area contributed by atoms with E-state index in [4.69, 9.17) is 17.0 Å². The van der Waals surface area contributed by atoms with E-state index >= 15 is 0 Å². The van der Waals surface area contributed by atoms with Gasteiger partial charge in [-0.05, 0) is 24.4 Å². The van der Waals surface area contributed by atoms with Gasteiger partial charge in [-0.2, -0.15) is 0 Å². The normalized spacial score (nSPS) is 9.29. The van der Waals surface area contributed by atoms with Gasteiger partial charge in [-0.25, -0.2) is 0 Å². The van der Waals surface area contributed by atoms with E-state index in [9.17, 15) is 5.11 Å². The van der Waals surface area contributed by atoms with Crippen LogP contribution in [0.3, 0.4) is 0 Å². The van der Waals surface area contributed by atoms with E-state index in [1.165, 1.54) is 7.11 Å². The van der Waals surface area contributed by atoms with Crippen LogP contribution in [0.1, 0.15) is 0 Å². The van der Waals surface area contributed by atoms with Crippen molar-refractivity contribution in [2.24, 2.45) is 0 Å². The molecule has 0 amide bonds. The summed E-state index contributed by atoms with van der Waals surface area (Å²) in [6.07, 6.45) is 0. The summed E-state index contributed by atoms with van der Waals surface area (Å²) in [6.45, 7) is 0. The third-order valence-electron chi connectivity index (χ3n) is 1.66. The number of rotatable bonds is 2. The van der Waals surface area contributed by atoms with Gasteiger partial charge < -0.3 is 20.5 Å². The second-order valence-corrected chi connectivity index (χ2v) is 3.00. The van der Waals surface area contributed by atoms with Gasteiger partial charge in [0.15, 0.2) is 16.6 Å². The summed E-state index contributed by atoms with van der Waals surface area (Å²) < 4.78 is 4.95. The number of phenols is 1. The molecule has 0 aliphatic rings. The topological polar surface area (TPSA) is 53.5 Å². The molecule has 0 aliphatic carbocycles. The molecule has 0 heterocycles.